The van der Waals surface area contributed by atoms with E-state index in [0.717, 1.165) is 24.5 Å². The van der Waals surface area contributed by atoms with E-state index < -0.39 is 0 Å². The van der Waals surface area contributed by atoms with Gasteiger partial charge >= 0.3 is 0 Å². The third-order valence-corrected chi connectivity index (χ3v) is 2.29. The second-order valence-electron chi connectivity index (χ2n) is 4.18. The molecule has 0 aliphatic heterocycles. The minimum Gasteiger partial charge on any atom is -0.464 e. The Bertz CT molecular complexity index is 265. The standard InChI is InChI=1S/C12H21NO/c1-5-11-6-7-12(14-11)10(4)13-8-9(2)3/h6-7,9-10,13H,5,8H2,1-4H3. The summed E-state index contributed by atoms with van der Waals surface area (Å²) in [6.07, 6.45) is 0.969. The monoisotopic (exact) mass is 195 g/mol. The maximum Gasteiger partial charge on any atom is 0.120 e. The van der Waals surface area contributed by atoms with Crippen LogP contribution in [0.4, 0.5) is 0 Å². The summed E-state index contributed by atoms with van der Waals surface area (Å²) in [6, 6.07) is 4.44. The zero-order valence-corrected chi connectivity index (χ0v) is 9.63. The van der Waals surface area contributed by atoms with E-state index in [0.29, 0.717) is 12.0 Å². The highest BCUT2D eigenvalue weighted by Gasteiger charge is 2.09. The molecule has 2 nitrogen and oxygen atoms in total. The smallest absolute Gasteiger partial charge is 0.120 e. The van der Waals surface area contributed by atoms with E-state index in [-0.39, 0.29) is 0 Å². The molecule has 0 saturated carbocycles. The molecule has 1 aromatic rings. The average Bonchev–Trinajstić information content (AvgIpc) is 2.62. The number of nitrogens with one attached hydrogen (secondary N) is 1. The van der Waals surface area contributed by atoms with Crippen LogP contribution in [0.1, 0.15) is 45.3 Å². The summed E-state index contributed by atoms with van der Waals surface area (Å²) in [7, 11) is 0. The zero-order valence-electron chi connectivity index (χ0n) is 9.63. The summed E-state index contributed by atoms with van der Waals surface area (Å²) in [5.41, 5.74) is 0. The van der Waals surface area contributed by atoms with E-state index in [1.54, 1.807) is 0 Å². The minimum absolute atomic E-state index is 0.317. The highest BCUT2D eigenvalue weighted by Crippen LogP contribution is 2.16. The fourth-order valence-corrected chi connectivity index (χ4v) is 1.33. The van der Waals surface area contributed by atoms with Gasteiger partial charge in [-0.2, -0.15) is 0 Å². The van der Waals surface area contributed by atoms with Crippen LogP contribution in [0.25, 0.3) is 0 Å². The Morgan fingerprint density at radius 2 is 2.00 bits per heavy atom. The van der Waals surface area contributed by atoms with E-state index >= 15 is 0 Å². The van der Waals surface area contributed by atoms with Crippen molar-refractivity contribution in [3.05, 3.63) is 23.7 Å². The van der Waals surface area contributed by atoms with Crippen molar-refractivity contribution >= 4 is 0 Å². The predicted molar refractivity (Wildman–Crippen MR) is 59.3 cm³/mol. The highest BCUT2D eigenvalue weighted by atomic mass is 16.3. The Morgan fingerprint density at radius 1 is 1.29 bits per heavy atom. The van der Waals surface area contributed by atoms with Crippen molar-refractivity contribution in [1.82, 2.24) is 5.32 Å². The largest absolute Gasteiger partial charge is 0.464 e. The first-order valence-corrected chi connectivity index (χ1v) is 5.45. The van der Waals surface area contributed by atoms with Gasteiger partial charge in [0.1, 0.15) is 11.5 Å². The van der Waals surface area contributed by atoms with Gasteiger partial charge in [-0.15, -0.1) is 0 Å². The number of hydrogen-bond acceptors (Lipinski definition) is 2. The Kier molecular flexibility index (Phi) is 4.21. The molecule has 0 radical (unpaired) electrons. The molecule has 0 bridgehead atoms. The van der Waals surface area contributed by atoms with Crippen LogP contribution >= 0.6 is 0 Å². The topological polar surface area (TPSA) is 25.2 Å². The van der Waals surface area contributed by atoms with Crippen LogP contribution in [0.5, 0.6) is 0 Å². The molecule has 0 aromatic carbocycles. The summed E-state index contributed by atoms with van der Waals surface area (Å²) < 4.78 is 5.66. The van der Waals surface area contributed by atoms with Gasteiger partial charge in [0.15, 0.2) is 0 Å². The van der Waals surface area contributed by atoms with Crippen LogP contribution in [0.15, 0.2) is 16.5 Å². The van der Waals surface area contributed by atoms with Crippen LogP contribution < -0.4 is 5.32 Å². The molecule has 2 heteroatoms. The molecule has 1 N–H and O–H groups in total. The minimum atomic E-state index is 0.317. The third kappa shape index (κ3) is 3.18. The molecular formula is C12H21NO. The van der Waals surface area contributed by atoms with Crippen LogP contribution in [0.2, 0.25) is 0 Å². The molecule has 0 amide bonds. The van der Waals surface area contributed by atoms with E-state index in [4.69, 9.17) is 4.42 Å². The molecule has 1 atom stereocenters. The van der Waals surface area contributed by atoms with Crippen LogP contribution in [0, 0.1) is 5.92 Å². The first kappa shape index (κ1) is 11.3. The molecule has 14 heavy (non-hydrogen) atoms. The van der Waals surface area contributed by atoms with Gasteiger partial charge in [0.05, 0.1) is 6.04 Å². The maximum atomic E-state index is 5.66. The molecule has 1 aromatic heterocycles. The predicted octanol–water partition coefficient (Wildman–Crippen LogP) is 3.15. The molecule has 0 aliphatic carbocycles. The number of hydrogen-bond donors (Lipinski definition) is 1. The van der Waals surface area contributed by atoms with Gasteiger partial charge in [-0.05, 0) is 31.5 Å². The number of furan rings is 1. The van der Waals surface area contributed by atoms with Crippen molar-refractivity contribution in [2.75, 3.05) is 6.54 Å². The molecule has 0 saturated heterocycles. The Labute approximate surface area is 86.7 Å². The summed E-state index contributed by atoms with van der Waals surface area (Å²) in [4.78, 5) is 0. The quantitative estimate of drug-likeness (QED) is 0.780. The van der Waals surface area contributed by atoms with Gasteiger partial charge in [0, 0.05) is 6.42 Å². The van der Waals surface area contributed by atoms with Crippen LogP contribution in [0.3, 0.4) is 0 Å². The SMILES string of the molecule is CCc1ccc(C(C)NCC(C)C)o1. The first-order chi connectivity index (χ1) is 6.63. The van der Waals surface area contributed by atoms with Gasteiger partial charge in [-0.3, -0.25) is 0 Å². The normalized spacial score (nSPS) is 13.5. The fourth-order valence-electron chi connectivity index (χ4n) is 1.33. The maximum absolute atomic E-state index is 5.66. The van der Waals surface area contributed by atoms with E-state index in [1.807, 2.05) is 0 Å². The molecule has 80 valence electrons. The van der Waals surface area contributed by atoms with Crippen molar-refractivity contribution in [3.63, 3.8) is 0 Å². The summed E-state index contributed by atoms with van der Waals surface area (Å²) in [6.45, 7) is 9.69. The summed E-state index contributed by atoms with van der Waals surface area (Å²) >= 11 is 0. The van der Waals surface area contributed by atoms with Crippen molar-refractivity contribution in [2.45, 2.75) is 40.2 Å². The molecular weight excluding hydrogens is 174 g/mol. The lowest BCUT2D eigenvalue weighted by atomic mass is 10.2. The van der Waals surface area contributed by atoms with Gasteiger partial charge in [-0.25, -0.2) is 0 Å². The Hall–Kier alpha value is -0.760. The van der Waals surface area contributed by atoms with E-state index in [9.17, 15) is 0 Å². The van der Waals surface area contributed by atoms with Crippen LogP contribution in [-0.2, 0) is 6.42 Å². The molecule has 0 spiro atoms. The average molecular weight is 195 g/mol. The van der Waals surface area contributed by atoms with E-state index in [2.05, 4.69) is 45.1 Å². The second-order valence-corrected chi connectivity index (χ2v) is 4.18. The van der Waals surface area contributed by atoms with Gasteiger partial charge < -0.3 is 9.73 Å². The third-order valence-electron chi connectivity index (χ3n) is 2.29. The Balaban J connectivity index is 2.47. The van der Waals surface area contributed by atoms with Gasteiger partial charge in [0.25, 0.3) is 0 Å². The van der Waals surface area contributed by atoms with Crippen LogP contribution in [-0.4, -0.2) is 6.54 Å². The fraction of sp³-hybridized carbons (Fsp3) is 0.667. The number of rotatable bonds is 5. The highest BCUT2D eigenvalue weighted by molar-refractivity contribution is 5.10. The number of aryl methyl sites for hydroxylation is 1. The van der Waals surface area contributed by atoms with Gasteiger partial charge in [-0.1, -0.05) is 20.8 Å². The summed E-state index contributed by atoms with van der Waals surface area (Å²) in [5.74, 6) is 2.79. The zero-order chi connectivity index (χ0) is 10.6. The van der Waals surface area contributed by atoms with Crippen molar-refractivity contribution in [1.29, 1.82) is 0 Å². The molecule has 1 rings (SSSR count). The van der Waals surface area contributed by atoms with Crippen molar-refractivity contribution < 1.29 is 4.42 Å². The lowest BCUT2D eigenvalue weighted by Crippen LogP contribution is -2.22. The first-order valence-electron chi connectivity index (χ1n) is 5.45. The molecule has 1 unspecified atom stereocenters. The lowest BCUT2D eigenvalue weighted by Gasteiger charge is -2.12. The van der Waals surface area contributed by atoms with Gasteiger partial charge in [0.2, 0.25) is 0 Å². The van der Waals surface area contributed by atoms with Crippen molar-refractivity contribution in [2.24, 2.45) is 5.92 Å². The van der Waals surface area contributed by atoms with Crippen molar-refractivity contribution in [3.8, 4) is 0 Å². The summed E-state index contributed by atoms with van der Waals surface area (Å²) in [5, 5.41) is 3.44. The van der Waals surface area contributed by atoms with E-state index in [1.165, 1.54) is 0 Å². The second kappa shape index (κ2) is 5.20. The molecule has 0 aliphatic rings. The Morgan fingerprint density at radius 3 is 2.50 bits per heavy atom. The molecule has 1 heterocycles. The lowest BCUT2D eigenvalue weighted by molar-refractivity contribution is 0.395. The molecule has 0 fully saturated rings.